The highest BCUT2D eigenvalue weighted by Gasteiger charge is 2.14. The number of carbonyl (C=O) groups excluding carboxylic acids is 1. The maximum Gasteiger partial charge on any atom is 0.322 e. The number of nitrogens with two attached hydrogens (primary N) is 1. The van der Waals surface area contributed by atoms with Crippen LogP contribution in [0.1, 0.15) is 27.2 Å². The molecule has 0 rings (SSSR count). The SMILES string of the molecule is CCOC(=O)C(N)CCN(CC)CC. The van der Waals surface area contributed by atoms with Gasteiger partial charge in [-0.15, -0.1) is 0 Å². The van der Waals surface area contributed by atoms with Crippen LogP contribution in [0.15, 0.2) is 0 Å². The first-order chi connectivity index (χ1) is 6.65. The van der Waals surface area contributed by atoms with Crippen molar-refractivity contribution in [3.8, 4) is 0 Å². The van der Waals surface area contributed by atoms with Gasteiger partial charge in [0.2, 0.25) is 0 Å². The Morgan fingerprint density at radius 2 is 1.93 bits per heavy atom. The highest BCUT2D eigenvalue weighted by molar-refractivity contribution is 5.75. The second kappa shape index (κ2) is 7.76. The van der Waals surface area contributed by atoms with Crippen molar-refractivity contribution in [1.29, 1.82) is 0 Å². The monoisotopic (exact) mass is 202 g/mol. The van der Waals surface area contributed by atoms with Gasteiger partial charge < -0.3 is 15.4 Å². The minimum absolute atomic E-state index is 0.292. The summed E-state index contributed by atoms with van der Waals surface area (Å²) in [5, 5.41) is 0. The van der Waals surface area contributed by atoms with Crippen molar-refractivity contribution in [2.24, 2.45) is 5.73 Å². The lowest BCUT2D eigenvalue weighted by atomic mass is 10.2. The van der Waals surface area contributed by atoms with E-state index in [1.54, 1.807) is 6.92 Å². The molecule has 84 valence electrons. The van der Waals surface area contributed by atoms with Crippen molar-refractivity contribution in [2.45, 2.75) is 33.2 Å². The van der Waals surface area contributed by atoms with Crippen LogP contribution >= 0.6 is 0 Å². The summed E-state index contributed by atoms with van der Waals surface area (Å²) in [7, 11) is 0. The van der Waals surface area contributed by atoms with Crippen molar-refractivity contribution in [1.82, 2.24) is 4.90 Å². The van der Waals surface area contributed by atoms with Gasteiger partial charge >= 0.3 is 5.97 Å². The van der Waals surface area contributed by atoms with Crippen molar-refractivity contribution >= 4 is 5.97 Å². The molecule has 0 spiro atoms. The van der Waals surface area contributed by atoms with E-state index in [9.17, 15) is 4.79 Å². The Kier molecular flexibility index (Phi) is 7.42. The van der Waals surface area contributed by atoms with Crippen molar-refractivity contribution in [3.63, 3.8) is 0 Å². The number of ether oxygens (including phenoxy) is 1. The van der Waals surface area contributed by atoms with Crippen LogP contribution in [0.25, 0.3) is 0 Å². The summed E-state index contributed by atoms with van der Waals surface area (Å²) in [5.41, 5.74) is 5.66. The van der Waals surface area contributed by atoms with Gasteiger partial charge in [-0.05, 0) is 26.4 Å². The van der Waals surface area contributed by atoms with Crippen molar-refractivity contribution in [2.75, 3.05) is 26.2 Å². The molecule has 4 heteroatoms. The van der Waals surface area contributed by atoms with E-state index in [1.165, 1.54) is 0 Å². The molecule has 0 aromatic carbocycles. The third-order valence-electron chi connectivity index (χ3n) is 2.24. The Morgan fingerprint density at radius 1 is 1.36 bits per heavy atom. The average Bonchev–Trinajstić information content (AvgIpc) is 2.19. The minimum Gasteiger partial charge on any atom is -0.465 e. The van der Waals surface area contributed by atoms with E-state index >= 15 is 0 Å². The maximum absolute atomic E-state index is 11.2. The van der Waals surface area contributed by atoms with Crippen LogP contribution in [0, 0.1) is 0 Å². The molecule has 0 aromatic heterocycles. The van der Waals surface area contributed by atoms with Crippen LogP contribution < -0.4 is 5.73 Å². The lowest BCUT2D eigenvalue weighted by Crippen LogP contribution is -2.36. The molecule has 2 N–H and O–H groups in total. The quantitative estimate of drug-likeness (QED) is 0.614. The lowest BCUT2D eigenvalue weighted by Gasteiger charge is -2.19. The Balaban J connectivity index is 3.71. The summed E-state index contributed by atoms with van der Waals surface area (Å²) in [6.07, 6.45) is 0.667. The second-order valence-corrected chi connectivity index (χ2v) is 3.17. The van der Waals surface area contributed by atoms with Gasteiger partial charge in [0.25, 0.3) is 0 Å². The molecular weight excluding hydrogens is 180 g/mol. The van der Waals surface area contributed by atoms with E-state index in [0.29, 0.717) is 13.0 Å². The van der Waals surface area contributed by atoms with Gasteiger partial charge in [0, 0.05) is 6.54 Å². The zero-order valence-electron chi connectivity index (χ0n) is 9.45. The number of nitrogens with zero attached hydrogens (tertiary/aromatic N) is 1. The van der Waals surface area contributed by atoms with E-state index in [-0.39, 0.29) is 5.97 Å². The summed E-state index contributed by atoms with van der Waals surface area (Å²) in [5.74, 6) is -0.292. The van der Waals surface area contributed by atoms with E-state index in [2.05, 4.69) is 18.7 Å². The molecule has 0 saturated carbocycles. The molecule has 4 nitrogen and oxygen atoms in total. The summed E-state index contributed by atoms with van der Waals surface area (Å²) >= 11 is 0. The Hall–Kier alpha value is -0.610. The predicted octanol–water partition coefficient (Wildman–Crippen LogP) is 0.609. The van der Waals surface area contributed by atoms with Gasteiger partial charge in [0.15, 0.2) is 0 Å². The number of hydrogen-bond acceptors (Lipinski definition) is 4. The predicted molar refractivity (Wildman–Crippen MR) is 57.0 cm³/mol. The van der Waals surface area contributed by atoms with Gasteiger partial charge in [-0.2, -0.15) is 0 Å². The highest BCUT2D eigenvalue weighted by atomic mass is 16.5. The summed E-state index contributed by atoms with van der Waals surface area (Å²) in [4.78, 5) is 13.4. The number of rotatable bonds is 7. The van der Waals surface area contributed by atoms with Crippen LogP contribution in [0.5, 0.6) is 0 Å². The fourth-order valence-corrected chi connectivity index (χ4v) is 1.23. The van der Waals surface area contributed by atoms with Crippen LogP contribution in [0.4, 0.5) is 0 Å². The fraction of sp³-hybridized carbons (Fsp3) is 0.900. The lowest BCUT2D eigenvalue weighted by molar-refractivity contribution is -0.144. The number of carbonyl (C=O) groups is 1. The van der Waals surface area contributed by atoms with Crippen molar-refractivity contribution in [3.05, 3.63) is 0 Å². The molecule has 0 aliphatic rings. The fourth-order valence-electron chi connectivity index (χ4n) is 1.23. The Labute approximate surface area is 86.4 Å². The van der Waals surface area contributed by atoms with Gasteiger partial charge in [-0.3, -0.25) is 4.79 Å². The molecule has 14 heavy (non-hydrogen) atoms. The first kappa shape index (κ1) is 13.4. The van der Waals surface area contributed by atoms with Crippen LogP contribution in [0.3, 0.4) is 0 Å². The van der Waals surface area contributed by atoms with Gasteiger partial charge in [0.05, 0.1) is 6.61 Å². The topological polar surface area (TPSA) is 55.6 Å². The zero-order chi connectivity index (χ0) is 11.0. The smallest absolute Gasteiger partial charge is 0.322 e. The molecule has 0 heterocycles. The van der Waals surface area contributed by atoms with E-state index in [0.717, 1.165) is 19.6 Å². The van der Waals surface area contributed by atoms with Crippen molar-refractivity contribution < 1.29 is 9.53 Å². The third-order valence-corrected chi connectivity index (χ3v) is 2.24. The zero-order valence-corrected chi connectivity index (χ0v) is 9.45. The molecule has 0 saturated heterocycles. The standard InChI is InChI=1S/C10H22N2O2/c1-4-12(5-2)8-7-9(11)10(13)14-6-3/h9H,4-8,11H2,1-3H3. The molecule has 0 aliphatic carbocycles. The van der Waals surface area contributed by atoms with Crippen LogP contribution in [-0.2, 0) is 9.53 Å². The first-order valence-electron chi connectivity index (χ1n) is 5.30. The van der Waals surface area contributed by atoms with E-state index in [4.69, 9.17) is 10.5 Å². The molecule has 0 fully saturated rings. The van der Waals surface area contributed by atoms with Crippen LogP contribution in [0.2, 0.25) is 0 Å². The molecule has 0 bridgehead atoms. The normalized spacial score (nSPS) is 12.9. The third kappa shape index (κ3) is 5.19. The largest absolute Gasteiger partial charge is 0.465 e. The summed E-state index contributed by atoms with van der Waals surface area (Å²) in [6.45, 7) is 9.22. The second-order valence-electron chi connectivity index (χ2n) is 3.17. The molecule has 1 atom stereocenters. The van der Waals surface area contributed by atoms with Crippen LogP contribution in [-0.4, -0.2) is 43.2 Å². The Morgan fingerprint density at radius 3 is 2.36 bits per heavy atom. The Bertz CT molecular complexity index is 158. The highest BCUT2D eigenvalue weighted by Crippen LogP contribution is 1.96. The van der Waals surface area contributed by atoms with E-state index in [1.807, 2.05) is 0 Å². The molecule has 0 amide bonds. The minimum atomic E-state index is -0.476. The number of hydrogen-bond donors (Lipinski definition) is 1. The molecule has 0 aromatic rings. The molecule has 0 aliphatic heterocycles. The number of esters is 1. The van der Waals surface area contributed by atoms with E-state index < -0.39 is 6.04 Å². The van der Waals surface area contributed by atoms with Gasteiger partial charge in [-0.25, -0.2) is 0 Å². The van der Waals surface area contributed by atoms with Gasteiger partial charge in [0.1, 0.15) is 6.04 Å². The molecular formula is C10H22N2O2. The molecule has 0 radical (unpaired) electrons. The first-order valence-corrected chi connectivity index (χ1v) is 5.30. The maximum atomic E-state index is 11.2. The summed E-state index contributed by atoms with van der Waals surface area (Å²) in [6, 6.07) is -0.476. The van der Waals surface area contributed by atoms with Gasteiger partial charge in [-0.1, -0.05) is 13.8 Å². The average molecular weight is 202 g/mol. The molecule has 1 unspecified atom stereocenters. The summed E-state index contributed by atoms with van der Waals surface area (Å²) < 4.78 is 4.82.